The molecule has 0 radical (unpaired) electrons. The molecule has 2 atom stereocenters. The molecule has 41 heavy (non-hydrogen) atoms. The van der Waals surface area contributed by atoms with Gasteiger partial charge in [-0.3, -0.25) is 19.4 Å². The number of imidazole rings is 1. The lowest BCUT2D eigenvalue weighted by Gasteiger charge is -2.17. The highest BCUT2D eigenvalue weighted by Crippen LogP contribution is 2.46. The van der Waals surface area contributed by atoms with E-state index in [0.717, 1.165) is 34.7 Å². The second-order valence-corrected chi connectivity index (χ2v) is 10.9. The van der Waals surface area contributed by atoms with E-state index in [1.807, 2.05) is 35.9 Å². The van der Waals surface area contributed by atoms with Crippen LogP contribution in [0.15, 0.2) is 43.1 Å². The summed E-state index contributed by atoms with van der Waals surface area (Å²) in [6, 6.07) is 5.14. The molecule has 0 unspecified atom stereocenters. The van der Waals surface area contributed by atoms with Gasteiger partial charge in [-0.05, 0) is 49.8 Å². The number of likely N-dealkylation sites (N-methyl/N-ethyl adjacent to an activating group) is 1. The summed E-state index contributed by atoms with van der Waals surface area (Å²) >= 11 is 0. The second-order valence-electron chi connectivity index (χ2n) is 10.9. The molecule has 0 aromatic carbocycles. The number of carbonyl (C=O) groups is 3. The number of pyridine rings is 1. The van der Waals surface area contributed by atoms with Gasteiger partial charge in [0, 0.05) is 49.2 Å². The van der Waals surface area contributed by atoms with E-state index >= 15 is 0 Å². The number of anilines is 3. The number of amides is 4. The third-order valence-corrected chi connectivity index (χ3v) is 7.77. The number of aromatic nitrogens is 6. The van der Waals surface area contributed by atoms with E-state index in [-0.39, 0.29) is 36.2 Å². The highest BCUT2D eigenvalue weighted by Gasteiger charge is 2.46. The summed E-state index contributed by atoms with van der Waals surface area (Å²) in [4.78, 5) is 62.4. The number of carbonyl (C=O) groups excluding carboxylic acids is 3. The Labute approximate surface area is 235 Å². The van der Waals surface area contributed by atoms with Crippen LogP contribution in [-0.4, -0.2) is 65.7 Å². The van der Waals surface area contributed by atoms with Gasteiger partial charge in [0.25, 0.3) is 0 Å². The zero-order valence-corrected chi connectivity index (χ0v) is 22.6. The highest BCUT2D eigenvalue weighted by atomic mass is 16.2. The maximum absolute atomic E-state index is 12.8. The van der Waals surface area contributed by atoms with E-state index < -0.39 is 0 Å². The standard InChI is InChI=1S/C28H28N10O3/c1-15-5-6-29-25(33-15)19-8-20(19)27(40)35-23-9-22(31-14-32-23)30-10-18-12-37-11-17(16-3-4-16)7-21(26(37)34-18)38-13-24(39)36(2)28(38)41/h5-7,9,11-12,14,16,19-20H,3-4,8,10,13H2,1-2H3,(H2,30,31,32,35,40)/t19-,20-/m1/s1. The molecule has 0 bridgehead atoms. The summed E-state index contributed by atoms with van der Waals surface area (Å²) in [7, 11) is 1.49. The van der Waals surface area contributed by atoms with E-state index in [2.05, 4.69) is 30.6 Å². The molecule has 13 nitrogen and oxygen atoms in total. The van der Waals surface area contributed by atoms with Crippen molar-refractivity contribution in [2.75, 3.05) is 29.1 Å². The molecule has 5 heterocycles. The van der Waals surface area contributed by atoms with E-state index in [0.29, 0.717) is 47.7 Å². The topological polar surface area (TPSA) is 151 Å². The Hall–Kier alpha value is -4.94. The first kappa shape index (κ1) is 25.1. The first-order valence-electron chi connectivity index (χ1n) is 13.6. The molecule has 0 spiro atoms. The van der Waals surface area contributed by atoms with Gasteiger partial charge in [0.2, 0.25) is 11.8 Å². The maximum atomic E-state index is 12.8. The third-order valence-electron chi connectivity index (χ3n) is 7.77. The number of aryl methyl sites for hydroxylation is 1. The number of hydrogen-bond acceptors (Lipinski definition) is 9. The molecule has 3 fully saturated rings. The Bertz CT molecular complexity index is 1710. The minimum Gasteiger partial charge on any atom is -0.364 e. The van der Waals surface area contributed by atoms with Gasteiger partial charge in [-0.1, -0.05) is 0 Å². The predicted molar refractivity (Wildman–Crippen MR) is 148 cm³/mol. The molecule has 3 aliphatic rings. The smallest absolute Gasteiger partial charge is 0.331 e. The van der Waals surface area contributed by atoms with Crippen LogP contribution in [0.5, 0.6) is 0 Å². The van der Waals surface area contributed by atoms with Crippen molar-refractivity contribution in [3.8, 4) is 0 Å². The molecule has 13 heteroatoms. The number of hydrogen-bond donors (Lipinski definition) is 2. The summed E-state index contributed by atoms with van der Waals surface area (Å²) in [5, 5.41) is 6.12. The van der Waals surface area contributed by atoms with Gasteiger partial charge in [0.1, 0.15) is 30.3 Å². The first-order valence-corrected chi connectivity index (χ1v) is 13.6. The fourth-order valence-corrected chi connectivity index (χ4v) is 5.20. The predicted octanol–water partition coefficient (Wildman–Crippen LogP) is 2.85. The lowest BCUT2D eigenvalue weighted by molar-refractivity contribution is -0.124. The summed E-state index contributed by atoms with van der Waals surface area (Å²) in [5.74, 6) is 1.55. The van der Waals surface area contributed by atoms with Gasteiger partial charge in [-0.15, -0.1) is 0 Å². The number of urea groups is 1. The van der Waals surface area contributed by atoms with Crippen LogP contribution in [0.3, 0.4) is 0 Å². The van der Waals surface area contributed by atoms with E-state index in [9.17, 15) is 14.4 Å². The molecule has 1 saturated heterocycles. The summed E-state index contributed by atoms with van der Waals surface area (Å²) in [6.07, 6.45) is 9.98. The first-order chi connectivity index (χ1) is 19.8. The Morgan fingerprint density at radius 3 is 2.66 bits per heavy atom. The van der Waals surface area contributed by atoms with Gasteiger partial charge >= 0.3 is 6.03 Å². The van der Waals surface area contributed by atoms with Crippen molar-refractivity contribution in [3.63, 3.8) is 0 Å². The molecule has 2 N–H and O–H groups in total. The lowest BCUT2D eigenvalue weighted by Crippen LogP contribution is -2.30. The van der Waals surface area contributed by atoms with Crippen molar-refractivity contribution in [3.05, 3.63) is 65.9 Å². The van der Waals surface area contributed by atoms with Crippen LogP contribution in [-0.2, 0) is 16.1 Å². The molecule has 2 saturated carbocycles. The second kappa shape index (κ2) is 9.61. The van der Waals surface area contributed by atoms with E-state index in [4.69, 9.17) is 4.98 Å². The number of rotatable bonds is 8. The molecule has 4 aromatic rings. The van der Waals surface area contributed by atoms with Gasteiger partial charge in [-0.2, -0.15) is 0 Å². The number of fused-ring (bicyclic) bond motifs is 1. The van der Waals surface area contributed by atoms with Crippen LogP contribution in [0.1, 0.15) is 53.9 Å². The van der Waals surface area contributed by atoms with Crippen LogP contribution in [0.2, 0.25) is 0 Å². The van der Waals surface area contributed by atoms with Gasteiger partial charge < -0.3 is 15.0 Å². The zero-order chi connectivity index (χ0) is 28.2. The molecule has 208 valence electrons. The average molecular weight is 553 g/mol. The fourth-order valence-electron chi connectivity index (χ4n) is 5.20. The molecule has 4 aromatic heterocycles. The van der Waals surface area contributed by atoms with Crippen molar-refractivity contribution >= 4 is 40.8 Å². The SMILES string of the molecule is Cc1ccnc([C@@H]2C[C@H]2C(=O)Nc2cc(NCc3cn4cc(C5CC5)cc(N5CC(=O)N(C)C5=O)c4n3)ncn2)n1. The minimum atomic E-state index is -0.355. The molecule has 2 aliphatic carbocycles. The van der Waals surface area contributed by atoms with Crippen molar-refractivity contribution in [2.45, 2.75) is 44.6 Å². The maximum Gasteiger partial charge on any atom is 0.331 e. The normalized spacial score (nSPS) is 20.1. The van der Waals surface area contributed by atoms with Gasteiger partial charge in [0.15, 0.2) is 5.65 Å². The Morgan fingerprint density at radius 1 is 1.07 bits per heavy atom. The quantitative estimate of drug-likeness (QED) is 0.315. The van der Waals surface area contributed by atoms with Crippen molar-refractivity contribution in [2.24, 2.45) is 5.92 Å². The van der Waals surface area contributed by atoms with Crippen LogP contribution in [0.4, 0.5) is 22.1 Å². The van der Waals surface area contributed by atoms with Gasteiger partial charge in [-0.25, -0.2) is 29.7 Å². The highest BCUT2D eigenvalue weighted by molar-refractivity contribution is 6.13. The molecule has 7 rings (SSSR count). The van der Waals surface area contributed by atoms with Gasteiger partial charge in [0.05, 0.1) is 17.9 Å². The fraction of sp³-hybridized carbons (Fsp3) is 0.357. The molecular formula is C28H28N10O3. The third kappa shape index (κ3) is 4.83. The van der Waals surface area contributed by atoms with E-state index in [1.165, 1.54) is 18.3 Å². The molecule has 1 aliphatic heterocycles. The van der Waals surface area contributed by atoms with E-state index in [1.54, 1.807) is 12.3 Å². The monoisotopic (exact) mass is 552 g/mol. The number of imide groups is 1. The van der Waals surface area contributed by atoms with Crippen LogP contribution < -0.4 is 15.5 Å². The van der Waals surface area contributed by atoms with Crippen LogP contribution in [0.25, 0.3) is 5.65 Å². The minimum absolute atomic E-state index is 0.00535. The summed E-state index contributed by atoms with van der Waals surface area (Å²) in [6.45, 7) is 2.26. The van der Waals surface area contributed by atoms with Crippen molar-refractivity contribution in [1.82, 2.24) is 34.2 Å². The number of nitrogens with one attached hydrogen (secondary N) is 2. The number of nitrogens with zero attached hydrogens (tertiary/aromatic N) is 8. The Balaban J connectivity index is 1.05. The Morgan fingerprint density at radius 2 is 1.90 bits per heavy atom. The Kier molecular flexibility index (Phi) is 5.87. The summed E-state index contributed by atoms with van der Waals surface area (Å²) in [5.41, 5.74) is 3.97. The van der Waals surface area contributed by atoms with Crippen molar-refractivity contribution < 1.29 is 14.4 Å². The van der Waals surface area contributed by atoms with Crippen LogP contribution in [0, 0.1) is 12.8 Å². The summed E-state index contributed by atoms with van der Waals surface area (Å²) < 4.78 is 1.92. The zero-order valence-electron chi connectivity index (χ0n) is 22.6. The molecule has 4 amide bonds. The average Bonchev–Trinajstić information content (AvgIpc) is 3.89. The van der Waals surface area contributed by atoms with Crippen molar-refractivity contribution in [1.29, 1.82) is 0 Å². The molecular weight excluding hydrogens is 524 g/mol. The lowest BCUT2D eigenvalue weighted by atomic mass is 10.1. The van der Waals surface area contributed by atoms with Crippen LogP contribution >= 0.6 is 0 Å². The largest absolute Gasteiger partial charge is 0.364 e.